The zero-order chi connectivity index (χ0) is 12.3. The highest BCUT2D eigenvalue weighted by molar-refractivity contribution is 6.30. The van der Waals surface area contributed by atoms with Gasteiger partial charge >= 0.3 is 0 Å². The third-order valence-electron chi connectivity index (χ3n) is 2.93. The Hall–Kier alpha value is -1.28. The first kappa shape index (κ1) is 12.2. The highest BCUT2D eigenvalue weighted by atomic mass is 35.5. The van der Waals surface area contributed by atoms with Gasteiger partial charge in [0, 0.05) is 23.4 Å². The molecule has 0 aromatic heterocycles. The van der Waals surface area contributed by atoms with Gasteiger partial charge in [-0.1, -0.05) is 23.7 Å². The lowest BCUT2D eigenvalue weighted by molar-refractivity contribution is -0.116. The molecule has 1 aliphatic carbocycles. The third-order valence-corrected chi connectivity index (χ3v) is 3.18. The second-order valence-electron chi connectivity index (χ2n) is 4.09. The Morgan fingerprint density at radius 2 is 2.06 bits per heavy atom. The first-order valence-electron chi connectivity index (χ1n) is 5.83. The SMILES string of the molecule is CCOC1=CC(=O)C(c2ccc(Cl)cc2)CC1. The van der Waals surface area contributed by atoms with Crippen LogP contribution in [0.1, 0.15) is 31.2 Å². The predicted molar refractivity (Wildman–Crippen MR) is 68.1 cm³/mol. The topological polar surface area (TPSA) is 26.3 Å². The van der Waals surface area contributed by atoms with Crippen molar-refractivity contribution in [1.29, 1.82) is 0 Å². The van der Waals surface area contributed by atoms with Gasteiger partial charge in [-0.05, 0) is 31.0 Å². The van der Waals surface area contributed by atoms with Crippen molar-refractivity contribution in [3.05, 3.63) is 46.7 Å². The molecule has 90 valence electrons. The van der Waals surface area contributed by atoms with E-state index in [0.717, 1.165) is 24.2 Å². The summed E-state index contributed by atoms with van der Waals surface area (Å²) in [4.78, 5) is 12.0. The van der Waals surface area contributed by atoms with Gasteiger partial charge in [0.25, 0.3) is 0 Å². The second kappa shape index (κ2) is 5.37. The molecule has 1 unspecified atom stereocenters. The maximum absolute atomic E-state index is 12.0. The van der Waals surface area contributed by atoms with Crippen molar-refractivity contribution >= 4 is 17.4 Å². The molecule has 2 nitrogen and oxygen atoms in total. The van der Waals surface area contributed by atoms with Crippen LogP contribution < -0.4 is 0 Å². The van der Waals surface area contributed by atoms with E-state index >= 15 is 0 Å². The minimum Gasteiger partial charge on any atom is -0.498 e. The zero-order valence-corrected chi connectivity index (χ0v) is 10.5. The predicted octanol–water partition coefficient (Wildman–Crippen LogP) is 3.71. The average Bonchev–Trinajstić information content (AvgIpc) is 2.31. The highest BCUT2D eigenvalue weighted by Crippen LogP contribution is 2.30. The summed E-state index contributed by atoms with van der Waals surface area (Å²) in [5, 5.41) is 0.697. The van der Waals surface area contributed by atoms with Crippen molar-refractivity contribution in [2.24, 2.45) is 0 Å². The Kier molecular flexibility index (Phi) is 3.85. The Balaban J connectivity index is 2.15. The number of rotatable bonds is 3. The van der Waals surface area contributed by atoms with Crippen LogP contribution in [0, 0.1) is 0 Å². The monoisotopic (exact) mass is 250 g/mol. The van der Waals surface area contributed by atoms with E-state index in [9.17, 15) is 4.79 Å². The van der Waals surface area contributed by atoms with Gasteiger partial charge in [-0.2, -0.15) is 0 Å². The Morgan fingerprint density at radius 3 is 2.65 bits per heavy atom. The van der Waals surface area contributed by atoms with Crippen LogP contribution in [-0.4, -0.2) is 12.4 Å². The van der Waals surface area contributed by atoms with Crippen LogP contribution in [-0.2, 0) is 9.53 Å². The summed E-state index contributed by atoms with van der Waals surface area (Å²) in [7, 11) is 0. The van der Waals surface area contributed by atoms with Gasteiger partial charge in [0.1, 0.15) is 0 Å². The molecule has 0 N–H and O–H groups in total. The Labute approximate surface area is 106 Å². The average molecular weight is 251 g/mol. The van der Waals surface area contributed by atoms with Gasteiger partial charge in [-0.25, -0.2) is 0 Å². The summed E-state index contributed by atoms with van der Waals surface area (Å²) in [6.45, 7) is 2.54. The third kappa shape index (κ3) is 2.89. The molecule has 1 aromatic rings. The van der Waals surface area contributed by atoms with Gasteiger partial charge < -0.3 is 4.74 Å². The first-order chi connectivity index (χ1) is 8.20. The molecule has 1 aromatic carbocycles. The molecule has 3 heteroatoms. The molecule has 1 atom stereocenters. The zero-order valence-electron chi connectivity index (χ0n) is 9.78. The molecule has 0 fully saturated rings. The summed E-state index contributed by atoms with van der Waals surface area (Å²) in [5.74, 6) is 0.890. The fraction of sp³-hybridized carbons (Fsp3) is 0.357. The van der Waals surface area contributed by atoms with E-state index in [-0.39, 0.29) is 11.7 Å². The van der Waals surface area contributed by atoms with Gasteiger partial charge in [0.15, 0.2) is 5.78 Å². The van der Waals surface area contributed by atoms with E-state index in [0.29, 0.717) is 11.6 Å². The Morgan fingerprint density at radius 1 is 1.35 bits per heavy atom. The smallest absolute Gasteiger partial charge is 0.166 e. The Bertz CT molecular complexity index is 434. The highest BCUT2D eigenvalue weighted by Gasteiger charge is 2.24. The van der Waals surface area contributed by atoms with Crippen molar-refractivity contribution in [3.8, 4) is 0 Å². The van der Waals surface area contributed by atoms with Crippen molar-refractivity contribution in [1.82, 2.24) is 0 Å². The number of carbonyl (C=O) groups is 1. The lowest BCUT2D eigenvalue weighted by atomic mass is 9.86. The molecular weight excluding hydrogens is 236 g/mol. The lowest BCUT2D eigenvalue weighted by Crippen LogP contribution is -2.16. The first-order valence-corrected chi connectivity index (χ1v) is 6.21. The van der Waals surface area contributed by atoms with Crippen molar-refractivity contribution in [2.45, 2.75) is 25.7 Å². The summed E-state index contributed by atoms with van der Waals surface area (Å²) >= 11 is 5.83. The molecule has 2 rings (SSSR count). The number of hydrogen-bond acceptors (Lipinski definition) is 2. The number of allylic oxidation sites excluding steroid dienone is 2. The summed E-state index contributed by atoms with van der Waals surface area (Å²) in [5.41, 5.74) is 1.03. The minimum absolute atomic E-state index is 0.0449. The summed E-state index contributed by atoms with van der Waals surface area (Å²) in [6.07, 6.45) is 3.27. The number of benzene rings is 1. The molecule has 0 spiro atoms. The van der Waals surface area contributed by atoms with Crippen LogP contribution in [0.5, 0.6) is 0 Å². The molecule has 0 radical (unpaired) electrons. The largest absolute Gasteiger partial charge is 0.498 e. The van der Waals surface area contributed by atoms with Gasteiger partial charge in [0.2, 0.25) is 0 Å². The molecule has 0 saturated carbocycles. The molecular formula is C14H15ClO2. The van der Waals surface area contributed by atoms with E-state index in [1.165, 1.54) is 0 Å². The van der Waals surface area contributed by atoms with Crippen LogP contribution >= 0.6 is 11.6 Å². The number of carbonyl (C=O) groups excluding carboxylic acids is 1. The number of ether oxygens (including phenoxy) is 1. The maximum atomic E-state index is 12.0. The molecule has 0 aliphatic heterocycles. The van der Waals surface area contributed by atoms with Crippen molar-refractivity contribution < 1.29 is 9.53 Å². The van der Waals surface area contributed by atoms with E-state index in [1.807, 2.05) is 31.2 Å². The van der Waals surface area contributed by atoms with E-state index in [1.54, 1.807) is 6.08 Å². The fourth-order valence-corrected chi connectivity index (χ4v) is 2.21. The van der Waals surface area contributed by atoms with E-state index < -0.39 is 0 Å². The summed E-state index contributed by atoms with van der Waals surface area (Å²) in [6, 6.07) is 7.49. The normalized spacial score (nSPS) is 20.0. The van der Waals surface area contributed by atoms with Gasteiger partial charge in [0.05, 0.1) is 12.4 Å². The minimum atomic E-state index is -0.0449. The fourth-order valence-electron chi connectivity index (χ4n) is 2.09. The molecule has 0 saturated heterocycles. The number of hydrogen-bond donors (Lipinski definition) is 0. The van der Waals surface area contributed by atoms with Crippen LogP contribution in [0.4, 0.5) is 0 Å². The number of halogens is 1. The van der Waals surface area contributed by atoms with Gasteiger partial charge in [-0.3, -0.25) is 4.79 Å². The van der Waals surface area contributed by atoms with Crippen LogP contribution in [0.25, 0.3) is 0 Å². The molecule has 0 amide bonds. The standard InChI is InChI=1S/C14H15ClO2/c1-2-17-12-7-8-13(14(16)9-12)10-3-5-11(15)6-4-10/h3-6,9,13H,2,7-8H2,1H3. The lowest BCUT2D eigenvalue weighted by Gasteiger charge is -2.21. The molecule has 1 aliphatic rings. The maximum Gasteiger partial charge on any atom is 0.166 e. The quantitative estimate of drug-likeness (QED) is 0.818. The summed E-state index contributed by atoms with van der Waals surface area (Å²) < 4.78 is 5.38. The van der Waals surface area contributed by atoms with Crippen LogP contribution in [0.15, 0.2) is 36.1 Å². The van der Waals surface area contributed by atoms with Crippen LogP contribution in [0.3, 0.4) is 0 Å². The van der Waals surface area contributed by atoms with E-state index in [4.69, 9.17) is 16.3 Å². The van der Waals surface area contributed by atoms with Crippen LogP contribution in [0.2, 0.25) is 5.02 Å². The molecule has 0 heterocycles. The number of ketones is 1. The van der Waals surface area contributed by atoms with Crippen molar-refractivity contribution in [3.63, 3.8) is 0 Å². The second-order valence-corrected chi connectivity index (χ2v) is 4.53. The molecule has 17 heavy (non-hydrogen) atoms. The molecule has 0 bridgehead atoms. The van der Waals surface area contributed by atoms with E-state index in [2.05, 4.69) is 0 Å². The van der Waals surface area contributed by atoms with Gasteiger partial charge in [-0.15, -0.1) is 0 Å². The van der Waals surface area contributed by atoms with Crippen molar-refractivity contribution in [2.75, 3.05) is 6.61 Å².